The molecular weight excluding hydrogens is 342 g/mol. The van der Waals surface area contributed by atoms with E-state index in [0.717, 1.165) is 22.1 Å². The van der Waals surface area contributed by atoms with Gasteiger partial charge in [-0.15, -0.1) is 0 Å². The molecule has 0 aromatic heterocycles. The summed E-state index contributed by atoms with van der Waals surface area (Å²) in [5.74, 6) is 0.825. The van der Waals surface area contributed by atoms with Gasteiger partial charge in [0, 0.05) is 11.4 Å². The summed E-state index contributed by atoms with van der Waals surface area (Å²) in [5.41, 5.74) is 1.10. The van der Waals surface area contributed by atoms with Crippen LogP contribution in [0.2, 0.25) is 0 Å². The molecule has 2 rings (SSSR count). The van der Waals surface area contributed by atoms with E-state index in [1.165, 1.54) is 0 Å². The minimum absolute atomic E-state index is 0.0849. The highest BCUT2D eigenvalue weighted by atomic mass is 79.9. The molecule has 0 bridgehead atoms. The number of alkyl halides is 3. The number of hydrogen-bond donors (Lipinski definition) is 0. The molecule has 0 amide bonds. The van der Waals surface area contributed by atoms with Gasteiger partial charge in [-0.25, -0.2) is 8.78 Å². The fraction of sp³-hybridized carbons (Fsp3) is 0.375. The third kappa shape index (κ3) is 4.64. The lowest BCUT2D eigenvalue weighted by Crippen LogP contribution is -2.06. The molecule has 0 heterocycles. The lowest BCUT2D eigenvalue weighted by molar-refractivity contribution is 0.0167. The minimum Gasteiger partial charge on any atom is -0.497 e. The average Bonchev–Trinajstić information content (AvgIpc) is 2.50. The van der Waals surface area contributed by atoms with Crippen molar-refractivity contribution in [3.63, 3.8) is 0 Å². The number of ether oxygens (including phenoxy) is 2. The second-order valence-electron chi connectivity index (χ2n) is 4.69. The predicted molar refractivity (Wildman–Crippen MR) is 83.6 cm³/mol. The number of methoxy groups -OCH3 is 1. The molecule has 0 saturated carbocycles. The van der Waals surface area contributed by atoms with E-state index >= 15 is 0 Å². The van der Waals surface area contributed by atoms with E-state index in [1.54, 1.807) is 7.11 Å². The summed E-state index contributed by atoms with van der Waals surface area (Å²) in [6.07, 6.45) is -1.76. The van der Waals surface area contributed by atoms with Crippen molar-refractivity contribution in [1.29, 1.82) is 0 Å². The monoisotopic (exact) mass is 358 g/mol. The van der Waals surface area contributed by atoms with E-state index in [1.807, 2.05) is 30.3 Å². The molecule has 0 spiro atoms. The van der Waals surface area contributed by atoms with Crippen LogP contribution in [0.15, 0.2) is 36.4 Å². The predicted octanol–water partition coefficient (Wildman–Crippen LogP) is 4.96. The quantitative estimate of drug-likeness (QED) is 0.514. The Balaban J connectivity index is 2.01. The highest BCUT2D eigenvalue weighted by molar-refractivity contribution is 9.09. The van der Waals surface area contributed by atoms with Gasteiger partial charge in [-0.1, -0.05) is 40.2 Å². The van der Waals surface area contributed by atoms with Gasteiger partial charge in [0.2, 0.25) is 0 Å². The van der Waals surface area contributed by atoms with Gasteiger partial charge in [-0.05, 0) is 34.9 Å². The molecule has 0 aliphatic heterocycles. The normalized spacial score (nSPS) is 12.8. The van der Waals surface area contributed by atoms with E-state index in [2.05, 4.69) is 22.0 Å². The van der Waals surface area contributed by atoms with Crippen molar-refractivity contribution in [3.05, 3.63) is 42.0 Å². The number of benzene rings is 2. The number of fused-ring (bicyclic) bond motifs is 1. The van der Waals surface area contributed by atoms with Crippen LogP contribution in [0.4, 0.5) is 8.78 Å². The van der Waals surface area contributed by atoms with Crippen molar-refractivity contribution in [3.8, 4) is 5.75 Å². The highest BCUT2D eigenvalue weighted by Crippen LogP contribution is 2.30. The Hall–Kier alpha value is -1.20. The van der Waals surface area contributed by atoms with Gasteiger partial charge in [0.1, 0.15) is 12.4 Å². The number of halogens is 3. The molecule has 5 heteroatoms. The van der Waals surface area contributed by atoms with Crippen LogP contribution in [0.5, 0.6) is 5.75 Å². The molecule has 114 valence electrons. The Morgan fingerprint density at radius 1 is 1.10 bits per heavy atom. The summed E-state index contributed by atoms with van der Waals surface area (Å²) in [6.45, 7) is -0.196. The Labute approximate surface area is 131 Å². The van der Waals surface area contributed by atoms with Crippen molar-refractivity contribution in [1.82, 2.24) is 0 Å². The first-order chi connectivity index (χ1) is 10.1. The first kappa shape index (κ1) is 16.2. The largest absolute Gasteiger partial charge is 0.497 e. The molecule has 21 heavy (non-hydrogen) atoms. The molecular formula is C16H17BrF2O2. The van der Waals surface area contributed by atoms with Crippen LogP contribution in [0.3, 0.4) is 0 Å². The van der Waals surface area contributed by atoms with Crippen LogP contribution in [-0.2, 0) is 4.74 Å². The fourth-order valence-electron chi connectivity index (χ4n) is 2.09. The summed E-state index contributed by atoms with van der Waals surface area (Å²) in [6, 6.07) is 12.0. The van der Waals surface area contributed by atoms with Gasteiger partial charge in [-0.2, -0.15) is 0 Å². The van der Waals surface area contributed by atoms with Gasteiger partial charge in [0.25, 0.3) is 6.43 Å². The molecule has 0 fully saturated rings. The van der Waals surface area contributed by atoms with Gasteiger partial charge in [-0.3, -0.25) is 0 Å². The van der Waals surface area contributed by atoms with Crippen molar-refractivity contribution < 1.29 is 18.3 Å². The van der Waals surface area contributed by atoms with Gasteiger partial charge >= 0.3 is 0 Å². The Bertz CT molecular complexity index is 589. The Kier molecular flexibility index (Phi) is 5.94. The smallest absolute Gasteiger partial charge is 0.261 e. The zero-order valence-corrected chi connectivity index (χ0v) is 13.3. The summed E-state index contributed by atoms with van der Waals surface area (Å²) in [4.78, 5) is 0.0849. The molecule has 0 aliphatic rings. The van der Waals surface area contributed by atoms with Gasteiger partial charge in [0.15, 0.2) is 0 Å². The molecule has 1 unspecified atom stereocenters. The second-order valence-corrected chi connectivity index (χ2v) is 5.80. The third-order valence-corrected chi connectivity index (χ3v) is 4.18. The molecule has 1 atom stereocenters. The second kappa shape index (κ2) is 7.71. The molecule has 0 radical (unpaired) electrons. The molecule has 0 aliphatic carbocycles. The number of hydrogen-bond acceptors (Lipinski definition) is 2. The van der Waals surface area contributed by atoms with E-state index in [-0.39, 0.29) is 4.83 Å². The van der Waals surface area contributed by atoms with Crippen LogP contribution in [-0.4, -0.2) is 26.7 Å². The number of rotatable bonds is 7. The SMILES string of the molecule is COc1ccc2cc(C(Br)CCOCC(F)F)ccc2c1. The molecule has 2 nitrogen and oxygen atoms in total. The molecule has 0 N–H and O–H groups in total. The van der Waals surface area contributed by atoms with Crippen molar-refractivity contribution in [2.24, 2.45) is 0 Å². The van der Waals surface area contributed by atoms with Crippen LogP contribution in [0.1, 0.15) is 16.8 Å². The van der Waals surface area contributed by atoms with E-state index in [4.69, 9.17) is 9.47 Å². The lowest BCUT2D eigenvalue weighted by Gasteiger charge is -2.12. The first-order valence-corrected chi connectivity index (χ1v) is 7.59. The van der Waals surface area contributed by atoms with Crippen LogP contribution in [0.25, 0.3) is 10.8 Å². The van der Waals surface area contributed by atoms with Crippen molar-refractivity contribution in [2.45, 2.75) is 17.7 Å². The highest BCUT2D eigenvalue weighted by Gasteiger charge is 2.09. The zero-order chi connectivity index (χ0) is 15.2. The van der Waals surface area contributed by atoms with E-state index in [0.29, 0.717) is 13.0 Å². The van der Waals surface area contributed by atoms with Crippen molar-refractivity contribution >= 4 is 26.7 Å². The van der Waals surface area contributed by atoms with Crippen LogP contribution in [0, 0.1) is 0 Å². The lowest BCUT2D eigenvalue weighted by atomic mass is 10.0. The maximum Gasteiger partial charge on any atom is 0.261 e. The standard InChI is InChI=1S/C16H17BrF2O2/c1-20-14-5-4-11-8-13(3-2-12(11)9-14)15(17)6-7-21-10-16(18)19/h2-5,8-9,15-16H,6-7,10H2,1H3. The minimum atomic E-state index is -2.41. The summed E-state index contributed by atoms with van der Waals surface area (Å²) in [5, 5.41) is 2.22. The maximum atomic E-state index is 12.0. The first-order valence-electron chi connectivity index (χ1n) is 6.68. The molecule has 2 aromatic rings. The average molecular weight is 359 g/mol. The van der Waals surface area contributed by atoms with Crippen LogP contribution < -0.4 is 4.74 Å². The van der Waals surface area contributed by atoms with Gasteiger partial charge < -0.3 is 9.47 Å². The Morgan fingerprint density at radius 3 is 2.52 bits per heavy atom. The summed E-state index contributed by atoms with van der Waals surface area (Å²) < 4.78 is 34.0. The molecule has 2 aromatic carbocycles. The zero-order valence-electron chi connectivity index (χ0n) is 11.7. The van der Waals surface area contributed by atoms with Crippen molar-refractivity contribution in [2.75, 3.05) is 20.3 Å². The topological polar surface area (TPSA) is 18.5 Å². The third-order valence-electron chi connectivity index (χ3n) is 3.19. The summed E-state index contributed by atoms with van der Waals surface area (Å²) in [7, 11) is 1.64. The maximum absolute atomic E-state index is 12.0. The fourth-order valence-corrected chi connectivity index (χ4v) is 2.56. The molecule has 0 saturated heterocycles. The van der Waals surface area contributed by atoms with Gasteiger partial charge in [0.05, 0.1) is 7.11 Å². The summed E-state index contributed by atoms with van der Waals surface area (Å²) >= 11 is 3.57. The van der Waals surface area contributed by atoms with E-state index < -0.39 is 13.0 Å². The van der Waals surface area contributed by atoms with E-state index in [9.17, 15) is 8.78 Å². The van der Waals surface area contributed by atoms with Crippen LogP contribution >= 0.6 is 15.9 Å². The Morgan fingerprint density at radius 2 is 1.81 bits per heavy atom.